The molecule has 0 aliphatic carbocycles. The number of sulfonamides is 1. The lowest BCUT2D eigenvalue weighted by Gasteiger charge is -2.02. The molecule has 1 aromatic heterocycles. The van der Waals surface area contributed by atoms with E-state index in [1.165, 1.54) is 16.8 Å². The smallest absolute Gasteiger partial charge is 0.280 e. The highest BCUT2D eigenvalue weighted by Crippen LogP contribution is 2.18. The van der Waals surface area contributed by atoms with Gasteiger partial charge in [-0.1, -0.05) is 31.5 Å². The van der Waals surface area contributed by atoms with Crippen LogP contribution in [-0.2, 0) is 16.4 Å². The number of nitrogens with one attached hydrogen (secondary N) is 1. The number of aromatic nitrogens is 2. The van der Waals surface area contributed by atoms with Crippen LogP contribution in [0.15, 0.2) is 69.3 Å². The van der Waals surface area contributed by atoms with Crippen molar-refractivity contribution in [3.63, 3.8) is 0 Å². The molecule has 0 spiro atoms. The minimum atomic E-state index is -3.76. The number of aliphatic imine (C=N–C) groups is 1. The Morgan fingerprint density at radius 1 is 1.11 bits per heavy atom. The summed E-state index contributed by atoms with van der Waals surface area (Å²) >= 11 is 0. The van der Waals surface area contributed by atoms with E-state index < -0.39 is 10.0 Å². The number of hydrogen-bond acceptors (Lipinski definition) is 4. The van der Waals surface area contributed by atoms with Gasteiger partial charge in [0.25, 0.3) is 5.56 Å². The molecule has 0 amide bonds. The topological polar surface area (TPSA) is 110 Å². The molecule has 0 aliphatic rings. The monoisotopic (exact) mass is 398 g/mol. The number of para-hydroxylation sites is 1. The van der Waals surface area contributed by atoms with Crippen LogP contribution < -0.4 is 10.7 Å². The van der Waals surface area contributed by atoms with Gasteiger partial charge in [-0.3, -0.25) is 14.9 Å². The fourth-order valence-electron chi connectivity index (χ4n) is 3.01. The van der Waals surface area contributed by atoms with Crippen LogP contribution in [-0.4, -0.2) is 23.9 Å². The lowest BCUT2D eigenvalue weighted by molar-refractivity contribution is 0.598. The summed E-state index contributed by atoms with van der Waals surface area (Å²) in [4.78, 5) is 17.6. The van der Waals surface area contributed by atoms with Crippen molar-refractivity contribution in [1.82, 2.24) is 9.78 Å². The van der Waals surface area contributed by atoms with E-state index in [1.807, 2.05) is 37.3 Å². The van der Waals surface area contributed by atoms with E-state index in [0.717, 1.165) is 17.8 Å². The molecule has 0 atom stereocenters. The van der Waals surface area contributed by atoms with Crippen LogP contribution in [0.2, 0.25) is 0 Å². The lowest BCUT2D eigenvalue weighted by atomic mass is 10.1. The van der Waals surface area contributed by atoms with E-state index >= 15 is 0 Å². The van der Waals surface area contributed by atoms with Crippen LogP contribution in [0.5, 0.6) is 0 Å². The van der Waals surface area contributed by atoms with Crippen LogP contribution in [0.4, 0.5) is 5.69 Å². The SMILES string of the molecule is CCCc1[nH]n(-c2ccccc2)c(=O)c1C(C)=Nc1ccc(S(N)(=O)=O)cc1. The van der Waals surface area contributed by atoms with Crippen molar-refractivity contribution in [2.45, 2.75) is 31.6 Å². The van der Waals surface area contributed by atoms with E-state index in [-0.39, 0.29) is 10.5 Å². The average Bonchev–Trinajstić information content (AvgIpc) is 2.98. The van der Waals surface area contributed by atoms with Gasteiger partial charge in [0.05, 0.1) is 27.5 Å². The standard InChI is InChI=1S/C20H22N4O3S/c1-3-7-18-19(20(25)24(23-18)16-8-5-4-6-9-16)14(2)22-15-10-12-17(13-11-15)28(21,26)27/h4-6,8-13,23H,3,7H2,1-2H3,(H2,21,26,27). The third kappa shape index (κ3) is 4.13. The molecule has 2 aromatic carbocycles. The highest BCUT2D eigenvalue weighted by atomic mass is 32.2. The largest absolute Gasteiger partial charge is 0.294 e. The molecule has 7 nitrogen and oxygen atoms in total. The Balaban J connectivity index is 2.05. The first kappa shape index (κ1) is 19.8. The zero-order valence-corrected chi connectivity index (χ0v) is 16.5. The van der Waals surface area contributed by atoms with Crippen LogP contribution >= 0.6 is 0 Å². The molecule has 0 fully saturated rings. The number of hydrogen-bond donors (Lipinski definition) is 2. The van der Waals surface area contributed by atoms with E-state index in [2.05, 4.69) is 10.1 Å². The predicted octanol–water partition coefficient (Wildman–Crippen LogP) is 2.91. The number of benzene rings is 2. The van der Waals surface area contributed by atoms with E-state index in [4.69, 9.17) is 5.14 Å². The first-order valence-electron chi connectivity index (χ1n) is 8.89. The van der Waals surface area contributed by atoms with Crippen LogP contribution in [0.3, 0.4) is 0 Å². The molecule has 0 aliphatic heterocycles. The molecule has 0 radical (unpaired) electrons. The highest BCUT2D eigenvalue weighted by Gasteiger charge is 2.17. The summed E-state index contributed by atoms with van der Waals surface area (Å²) in [5, 5.41) is 8.31. The van der Waals surface area contributed by atoms with Crippen LogP contribution in [0.25, 0.3) is 5.69 Å². The summed E-state index contributed by atoms with van der Waals surface area (Å²) in [7, 11) is -3.76. The number of nitrogens with two attached hydrogens (primary N) is 1. The zero-order chi connectivity index (χ0) is 20.3. The van der Waals surface area contributed by atoms with Crippen molar-refractivity contribution >= 4 is 21.4 Å². The molecule has 146 valence electrons. The predicted molar refractivity (Wildman–Crippen MR) is 110 cm³/mol. The zero-order valence-electron chi connectivity index (χ0n) is 15.7. The summed E-state index contributed by atoms with van der Waals surface area (Å²) in [6, 6.07) is 15.3. The number of aromatic amines is 1. The van der Waals surface area contributed by atoms with Crippen molar-refractivity contribution < 1.29 is 8.42 Å². The molecule has 28 heavy (non-hydrogen) atoms. The maximum Gasteiger partial charge on any atom is 0.280 e. The molecule has 8 heteroatoms. The molecular formula is C20H22N4O3S. The van der Waals surface area contributed by atoms with Crippen molar-refractivity contribution in [2.24, 2.45) is 10.1 Å². The second kappa shape index (κ2) is 7.95. The summed E-state index contributed by atoms with van der Waals surface area (Å²) < 4.78 is 24.3. The quantitative estimate of drug-likeness (QED) is 0.623. The maximum absolute atomic E-state index is 13.0. The second-order valence-corrected chi connectivity index (χ2v) is 7.99. The van der Waals surface area contributed by atoms with Gasteiger partial charge in [-0.15, -0.1) is 0 Å². The van der Waals surface area contributed by atoms with Gasteiger partial charge >= 0.3 is 0 Å². The van der Waals surface area contributed by atoms with E-state index in [9.17, 15) is 13.2 Å². The molecule has 3 rings (SSSR count). The van der Waals surface area contributed by atoms with Crippen molar-refractivity contribution in [1.29, 1.82) is 0 Å². The van der Waals surface area contributed by atoms with Crippen LogP contribution in [0.1, 0.15) is 31.5 Å². The Kier molecular flexibility index (Phi) is 5.62. The summed E-state index contributed by atoms with van der Waals surface area (Å²) in [6.45, 7) is 3.81. The molecule has 3 N–H and O–H groups in total. The molecule has 0 saturated carbocycles. The third-order valence-corrected chi connectivity index (χ3v) is 5.23. The fourth-order valence-corrected chi connectivity index (χ4v) is 3.52. The van der Waals surface area contributed by atoms with E-state index in [1.54, 1.807) is 19.1 Å². The molecular weight excluding hydrogens is 376 g/mol. The van der Waals surface area contributed by atoms with Gasteiger partial charge < -0.3 is 0 Å². The summed E-state index contributed by atoms with van der Waals surface area (Å²) in [6.07, 6.45) is 1.58. The number of H-pyrrole nitrogens is 1. The van der Waals surface area contributed by atoms with Gasteiger partial charge in [-0.05, 0) is 49.7 Å². The van der Waals surface area contributed by atoms with Gasteiger partial charge in [0, 0.05) is 5.69 Å². The van der Waals surface area contributed by atoms with Gasteiger partial charge in [-0.2, -0.15) is 0 Å². The average molecular weight is 398 g/mol. The Morgan fingerprint density at radius 3 is 2.32 bits per heavy atom. The fraction of sp³-hybridized carbons (Fsp3) is 0.200. The number of rotatable bonds is 6. The number of aryl methyl sites for hydroxylation is 1. The number of primary sulfonamides is 1. The third-order valence-electron chi connectivity index (χ3n) is 4.30. The van der Waals surface area contributed by atoms with Gasteiger partial charge in [0.15, 0.2) is 0 Å². The van der Waals surface area contributed by atoms with Gasteiger partial charge in [-0.25, -0.2) is 18.2 Å². The Labute approximate surface area is 163 Å². The summed E-state index contributed by atoms with van der Waals surface area (Å²) in [5.41, 5.74) is 3.03. The van der Waals surface area contributed by atoms with Crippen LogP contribution in [0, 0.1) is 0 Å². The Morgan fingerprint density at radius 2 is 1.75 bits per heavy atom. The van der Waals surface area contributed by atoms with Gasteiger partial charge in [0.1, 0.15) is 0 Å². The molecule has 3 aromatic rings. The molecule has 0 saturated heterocycles. The normalized spacial score (nSPS) is 12.3. The highest BCUT2D eigenvalue weighted by molar-refractivity contribution is 7.89. The minimum absolute atomic E-state index is 0.0175. The van der Waals surface area contributed by atoms with Crippen molar-refractivity contribution in [2.75, 3.05) is 0 Å². The van der Waals surface area contributed by atoms with Crippen molar-refractivity contribution in [3.05, 3.63) is 76.2 Å². The number of nitrogens with zero attached hydrogens (tertiary/aromatic N) is 2. The Hall–Kier alpha value is -2.97. The molecule has 0 bridgehead atoms. The molecule has 0 unspecified atom stereocenters. The van der Waals surface area contributed by atoms with Crippen molar-refractivity contribution in [3.8, 4) is 5.69 Å². The first-order valence-corrected chi connectivity index (χ1v) is 10.4. The Bertz CT molecular complexity index is 1160. The second-order valence-electron chi connectivity index (χ2n) is 6.43. The van der Waals surface area contributed by atoms with E-state index in [0.29, 0.717) is 23.4 Å². The van der Waals surface area contributed by atoms with Gasteiger partial charge in [0.2, 0.25) is 10.0 Å². The summed E-state index contributed by atoms with van der Waals surface area (Å²) in [5.74, 6) is 0. The lowest BCUT2D eigenvalue weighted by Crippen LogP contribution is -2.19. The minimum Gasteiger partial charge on any atom is -0.294 e. The first-order chi connectivity index (χ1) is 13.3. The molecule has 1 heterocycles. The maximum atomic E-state index is 13.0.